The molecular weight excluding hydrogens is 450 g/mol. The van der Waals surface area contributed by atoms with Gasteiger partial charge >= 0.3 is 5.97 Å². The van der Waals surface area contributed by atoms with E-state index < -0.39 is 0 Å². The van der Waals surface area contributed by atoms with Crippen molar-refractivity contribution in [3.8, 4) is 5.75 Å². The molecule has 0 aliphatic heterocycles. The van der Waals surface area contributed by atoms with Crippen LogP contribution >= 0.6 is 0 Å². The van der Waals surface area contributed by atoms with E-state index in [1.165, 1.54) is 18.9 Å². The lowest BCUT2D eigenvalue weighted by atomic mass is 9.47. The van der Waals surface area contributed by atoms with E-state index in [0.717, 1.165) is 56.4 Å². The Kier molecular flexibility index (Phi) is 6.78. The van der Waals surface area contributed by atoms with Crippen LogP contribution in [0.5, 0.6) is 5.75 Å². The summed E-state index contributed by atoms with van der Waals surface area (Å²) in [5.74, 6) is 2.96. The minimum absolute atomic E-state index is 0.0408. The van der Waals surface area contributed by atoms with Gasteiger partial charge in [0.2, 0.25) is 0 Å². The average Bonchev–Trinajstić information content (AvgIpc) is 3.21. The minimum atomic E-state index is -0.166. The lowest BCUT2D eigenvalue weighted by Crippen LogP contribution is -2.51. The predicted octanol–water partition coefficient (Wildman–Crippen LogP) is 6.70. The highest BCUT2D eigenvalue weighted by Gasteiger charge is 2.59. The number of benzene rings is 1. The number of fused-ring (bicyclic) bond motifs is 5. The van der Waals surface area contributed by atoms with Crippen LogP contribution in [-0.2, 0) is 14.3 Å². The number of nitrogens with one attached hydrogen (secondary N) is 1. The van der Waals surface area contributed by atoms with Crippen LogP contribution in [0, 0.1) is 34.5 Å². The topological polar surface area (TPSA) is 64.6 Å². The molecule has 0 amide bonds. The summed E-state index contributed by atoms with van der Waals surface area (Å²) in [5, 5.41) is 3.24. The number of esters is 1. The van der Waals surface area contributed by atoms with Crippen molar-refractivity contribution in [2.24, 2.45) is 34.5 Å². The highest BCUT2D eigenvalue weighted by Crippen LogP contribution is 2.66. The van der Waals surface area contributed by atoms with Gasteiger partial charge in [-0.05, 0) is 104 Å². The molecule has 1 aromatic rings. The zero-order chi connectivity index (χ0) is 25.5. The molecule has 0 spiro atoms. The Balaban J connectivity index is 1.26. The number of ether oxygens (including phenoxy) is 2. The monoisotopic (exact) mass is 491 g/mol. The maximum Gasteiger partial charge on any atom is 0.302 e. The number of hydrogen-bond donors (Lipinski definition) is 1. The van der Waals surface area contributed by atoms with Gasteiger partial charge in [0.25, 0.3) is 0 Å². The summed E-state index contributed by atoms with van der Waals surface area (Å²) < 4.78 is 10.8. The van der Waals surface area contributed by atoms with Crippen molar-refractivity contribution in [3.63, 3.8) is 0 Å². The summed E-state index contributed by atoms with van der Waals surface area (Å²) in [4.78, 5) is 24.9. The van der Waals surface area contributed by atoms with Gasteiger partial charge in [0, 0.05) is 31.1 Å². The van der Waals surface area contributed by atoms with Crippen molar-refractivity contribution in [2.45, 2.75) is 78.2 Å². The summed E-state index contributed by atoms with van der Waals surface area (Å²) >= 11 is 0. The highest BCUT2D eigenvalue weighted by atomic mass is 16.5. The lowest BCUT2D eigenvalue weighted by Gasteiger charge is -2.58. The van der Waals surface area contributed by atoms with E-state index in [0.29, 0.717) is 17.8 Å². The Morgan fingerprint density at radius 2 is 1.81 bits per heavy atom. The van der Waals surface area contributed by atoms with E-state index >= 15 is 0 Å². The first-order valence-corrected chi connectivity index (χ1v) is 13.7. The zero-order valence-electron chi connectivity index (χ0n) is 22.2. The second kappa shape index (κ2) is 9.72. The third kappa shape index (κ3) is 4.39. The SMILES string of the molecule is COc1ccc(N/C=C\C(=O)[C@H]2CC[C@H]3[C@@H]4CC=C5C[C@H](OC(C)=O)CC[C@]5(C)[C@H]4CC[C@]23C)cc1. The van der Waals surface area contributed by atoms with Gasteiger partial charge in [-0.3, -0.25) is 9.59 Å². The van der Waals surface area contributed by atoms with Crippen LogP contribution in [0.25, 0.3) is 0 Å². The van der Waals surface area contributed by atoms with E-state index in [1.807, 2.05) is 24.3 Å². The first kappa shape index (κ1) is 25.1. The Bertz CT molecular complexity index is 1060. The molecule has 0 aromatic heterocycles. The molecule has 0 saturated heterocycles. The van der Waals surface area contributed by atoms with Gasteiger partial charge < -0.3 is 14.8 Å². The quantitative estimate of drug-likeness (QED) is 0.272. The van der Waals surface area contributed by atoms with E-state index in [4.69, 9.17) is 9.47 Å². The maximum absolute atomic E-state index is 13.4. The van der Waals surface area contributed by atoms with Crippen LogP contribution in [0.15, 0.2) is 48.2 Å². The average molecular weight is 492 g/mol. The number of carbonyl (C=O) groups is 2. The van der Waals surface area contributed by atoms with E-state index in [2.05, 4.69) is 25.2 Å². The Morgan fingerprint density at radius 1 is 1.03 bits per heavy atom. The molecule has 194 valence electrons. The van der Waals surface area contributed by atoms with E-state index in [1.54, 1.807) is 19.4 Å². The molecular formula is C31H41NO4. The van der Waals surface area contributed by atoms with Crippen LogP contribution in [0.4, 0.5) is 5.69 Å². The molecule has 0 unspecified atom stereocenters. The van der Waals surface area contributed by atoms with Crippen molar-refractivity contribution in [3.05, 3.63) is 48.2 Å². The van der Waals surface area contributed by atoms with E-state index in [-0.39, 0.29) is 34.6 Å². The number of ketones is 1. The second-order valence-corrected chi connectivity index (χ2v) is 12.0. The van der Waals surface area contributed by atoms with Crippen molar-refractivity contribution < 1.29 is 19.1 Å². The van der Waals surface area contributed by atoms with Gasteiger partial charge in [-0.1, -0.05) is 25.5 Å². The van der Waals surface area contributed by atoms with Crippen molar-refractivity contribution in [1.82, 2.24) is 0 Å². The predicted molar refractivity (Wildman–Crippen MR) is 142 cm³/mol. The van der Waals surface area contributed by atoms with Gasteiger partial charge in [0.1, 0.15) is 11.9 Å². The Morgan fingerprint density at radius 3 is 2.53 bits per heavy atom. The standard InChI is InChI=1S/C31H41NO4/c1-20(33)36-24-13-16-30(2)21(19-24)5-10-25-26-11-12-28(31(26,3)17-14-27(25)30)29(34)15-18-32-22-6-8-23(35-4)9-7-22/h5-9,15,18,24-28,32H,10-14,16-17,19H2,1-4H3/b18-15-/t24-,25+,26+,27+,28-,30+,31+/m1/s1. The third-order valence-electron chi connectivity index (χ3n) is 10.3. The third-order valence-corrected chi connectivity index (χ3v) is 10.3. The summed E-state index contributed by atoms with van der Waals surface area (Å²) in [6.07, 6.45) is 14.6. The number of methoxy groups -OCH3 is 1. The number of anilines is 1. The molecule has 3 fully saturated rings. The van der Waals surface area contributed by atoms with Crippen LogP contribution in [0.2, 0.25) is 0 Å². The summed E-state index contributed by atoms with van der Waals surface area (Å²) in [6, 6.07) is 7.72. The van der Waals surface area contributed by atoms with Gasteiger partial charge in [-0.15, -0.1) is 0 Å². The van der Waals surface area contributed by atoms with Gasteiger partial charge in [-0.2, -0.15) is 0 Å². The second-order valence-electron chi connectivity index (χ2n) is 12.0. The summed E-state index contributed by atoms with van der Waals surface area (Å²) in [7, 11) is 1.66. The Labute approximate surface area is 215 Å². The molecule has 3 saturated carbocycles. The van der Waals surface area contributed by atoms with Gasteiger partial charge in [0.15, 0.2) is 5.78 Å². The maximum atomic E-state index is 13.4. The van der Waals surface area contributed by atoms with E-state index in [9.17, 15) is 9.59 Å². The zero-order valence-corrected chi connectivity index (χ0v) is 22.2. The fraction of sp³-hybridized carbons (Fsp3) is 0.613. The molecule has 0 heterocycles. The summed E-state index contributed by atoms with van der Waals surface area (Å²) in [5.41, 5.74) is 2.75. The lowest BCUT2D eigenvalue weighted by molar-refractivity contribution is -0.149. The number of rotatable bonds is 6. The molecule has 4 aliphatic carbocycles. The highest BCUT2D eigenvalue weighted by molar-refractivity contribution is 5.93. The molecule has 1 N–H and O–H groups in total. The van der Waals surface area contributed by atoms with Crippen molar-refractivity contribution in [2.75, 3.05) is 12.4 Å². The molecule has 7 atom stereocenters. The smallest absolute Gasteiger partial charge is 0.302 e. The summed E-state index contributed by atoms with van der Waals surface area (Å²) in [6.45, 7) is 6.38. The number of carbonyl (C=O) groups excluding carboxylic acids is 2. The van der Waals surface area contributed by atoms with Crippen molar-refractivity contribution in [1.29, 1.82) is 0 Å². The van der Waals surface area contributed by atoms with Crippen LogP contribution in [-0.4, -0.2) is 25.0 Å². The normalized spacial score (nSPS) is 37.3. The molecule has 4 aliphatic rings. The van der Waals surface area contributed by atoms with Crippen molar-refractivity contribution >= 4 is 17.4 Å². The fourth-order valence-corrected chi connectivity index (χ4v) is 8.45. The van der Waals surface area contributed by atoms with Crippen LogP contribution in [0.1, 0.15) is 72.1 Å². The Hall–Kier alpha value is -2.56. The molecule has 5 rings (SSSR count). The molecule has 1 aromatic carbocycles. The number of allylic oxidation sites excluding steroid dienone is 2. The largest absolute Gasteiger partial charge is 0.497 e. The minimum Gasteiger partial charge on any atom is -0.497 e. The molecule has 5 heteroatoms. The molecule has 36 heavy (non-hydrogen) atoms. The fourth-order valence-electron chi connectivity index (χ4n) is 8.45. The molecule has 5 nitrogen and oxygen atoms in total. The first-order chi connectivity index (χ1) is 17.2. The van der Waals surface area contributed by atoms with Crippen LogP contribution < -0.4 is 10.1 Å². The molecule has 0 bridgehead atoms. The van der Waals surface area contributed by atoms with Crippen LogP contribution in [0.3, 0.4) is 0 Å². The first-order valence-electron chi connectivity index (χ1n) is 13.7. The number of hydrogen-bond acceptors (Lipinski definition) is 5. The van der Waals surface area contributed by atoms with Gasteiger partial charge in [0.05, 0.1) is 7.11 Å². The van der Waals surface area contributed by atoms with Gasteiger partial charge in [-0.25, -0.2) is 0 Å². The molecule has 0 radical (unpaired) electrons.